The number of aliphatic carboxylic acids is 1. The van der Waals surface area contributed by atoms with E-state index in [4.69, 9.17) is 9.84 Å². The minimum Gasteiger partial charge on any atom is -0.481 e. The lowest BCUT2D eigenvalue weighted by Crippen LogP contribution is -2.58. The maximum absolute atomic E-state index is 11.1. The van der Waals surface area contributed by atoms with Crippen LogP contribution in [-0.2, 0) is 9.53 Å². The second-order valence-electron chi connectivity index (χ2n) is 11.4. The number of carbonyl (C=O) groups is 1. The van der Waals surface area contributed by atoms with E-state index in [1.165, 1.54) is 57.8 Å². The summed E-state index contributed by atoms with van der Waals surface area (Å²) in [5, 5.41) is 9.14. The lowest BCUT2D eigenvalue weighted by molar-refractivity contribution is -0.173. The Labute approximate surface area is 172 Å². The SMILES string of the molecule is CO[C@H]1C[C@@H]2CCCC[C@]2(C)[C@H]2CC[C@]3(C)[C@@H](C(C)CCC(=O)O)CC[C@H]3[C@H]12. The van der Waals surface area contributed by atoms with Gasteiger partial charge in [-0.3, -0.25) is 4.79 Å². The van der Waals surface area contributed by atoms with E-state index in [0.717, 1.165) is 30.1 Å². The van der Waals surface area contributed by atoms with Gasteiger partial charge in [0.15, 0.2) is 0 Å². The van der Waals surface area contributed by atoms with Crippen LogP contribution in [0.1, 0.15) is 91.4 Å². The highest BCUT2D eigenvalue weighted by atomic mass is 16.5. The van der Waals surface area contributed by atoms with Crippen LogP contribution in [-0.4, -0.2) is 24.3 Å². The molecular formula is C25H42O3. The largest absolute Gasteiger partial charge is 0.481 e. The highest BCUT2D eigenvalue weighted by molar-refractivity contribution is 5.66. The van der Waals surface area contributed by atoms with Gasteiger partial charge in [-0.2, -0.15) is 0 Å². The fourth-order valence-electron chi connectivity index (χ4n) is 9.01. The minimum absolute atomic E-state index is 0.324. The highest BCUT2D eigenvalue weighted by Gasteiger charge is 2.62. The monoisotopic (exact) mass is 390 g/mol. The normalized spacial score (nSPS) is 49.0. The molecule has 0 aromatic rings. The van der Waals surface area contributed by atoms with Crippen LogP contribution in [0.4, 0.5) is 0 Å². The summed E-state index contributed by atoms with van der Waals surface area (Å²) in [4.78, 5) is 11.1. The van der Waals surface area contributed by atoms with E-state index in [0.29, 0.717) is 35.2 Å². The van der Waals surface area contributed by atoms with Crippen molar-refractivity contribution in [3.8, 4) is 0 Å². The zero-order valence-corrected chi connectivity index (χ0v) is 18.6. The van der Waals surface area contributed by atoms with Gasteiger partial charge in [0.1, 0.15) is 0 Å². The summed E-state index contributed by atoms with van der Waals surface area (Å²) in [6, 6.07) is 0. The van der Waals surface area contributed by atoms with Gasteiger partial charge >= 0.3 is 5.97 Å². The topological polar surface area (TPSA) is 46.5 Å². The van der Waals surface area contributed by atoms with Crippen LogP contribution < -0.4 is 0 Å². The van der Waals surface area contributed by atoms with Gasteiger partial charge in [0, 0.05) is 13.5 Å². The predicted octanol–water partition coefficient (Wildman–Crippen LogP) is 6.16. The molecule has 9 atom stereocenters. The lowest BCUT2D eigenvalue weighted by Gasteiger charge is -2.62. The van der Waals surface area contributed by atoms with Crippen LogP contribution in [0.3, 0.4) is 0 Å². The zero-order valence-electron chi connectivity index (χ0n) is 18.6. The van der Waals surface area contributed by atoms with Crippen LogP contribution in [0.25, 0.3) is 0 Å². The van der Waals surface area contributed by atoms with Crippen molar-refractivity contribution in [1.29, 1.82) is 0 Å². The molecule has 1 N–H and O–H groups in total. The average molecular weight is 391 g/mol. The summed E-state index contributed by atoms with van der Waals surface area (Å²) in [6.45, 7) is 7.51. The maximum atomic E-state index is 11.1. The number of hydrogen-bond donors (Lipinski definition) is 1. The van der Waals surface area contributed by atoms with E-state index < -0.39 is 5.97 Å². The Balaban J connectivity index is 1.58. The van der Waals surface area contributed by atoms with E-state index in [1.807, 2.05) is 7.11 Å². The molecule has 4 rings (SSSR count). The van der Waals surface area contributed by atoms with Crippen molar-refractivity contribution in [3.05, 3.63) is 0 Å². The Morgan fingerprint density at radius 1 is 1.07 bits per heavy atom. The molecule has 0 aromatic carbocycles. The molecule has 28 heavy (non-hydrogen) atoms. The highest BCUT2D eigenvalue weighted by Crippen LogP contribution is 2.68. The third-order valence-corrected chi connectivity index (χ3v) is 10.5. The molecule has 0 spiro atoms. The number of hydrogen-bond acceptors (Lipinski definition) is 2. The first-order valence-corrected chi connectivity index (χ1v) is 12.1. The molecule has 3 heteroatoms. The Kier molecular flexibility index (Phi) is 5.61. The van der Waals surface area contributed by atoms with E-state index in [2.05, 4.69) is 20.8 Å². The second kappa shape index (κ2) is 7.60. The summed E-state index contributed by atoms with van der Waals surface area (Å²) < 4.78 is 6.20. The molecule has 0 aliphatic heterocycles. The Bertz CT molecular complexity index is 588. The van der Waals surface area contributed by atoms with Crippen molar-refractivity contribution < 1.29 is 14.6 Å². The zero-order chi connectivity index (χ0) is 20.1. The molecule has 0 heterocycles. The first-order valence-electron chi connectivity index (χ1n) is 12.1. The van der Waals surface area contributed by atoms with Crippen LogP contribution in [0, 0.1) is 46.3 Å². The number of methoxy groups -OCH3 is 1. The Hall–Kier alpha value is -0.570. The second-order valence-corrected chi connectivity index (χ2v) is 11.4. The van der Waals surface area contributed by atoms with Crippen molar-refractivity contribution in [3.63, 3.8) is 0 Å². The molecule has 0 saturated heterocycles. The van der Waals surface area contributed by atoms with Gasteiger partial charge in [0.25, 0.3) is 0 Å². The molecule has 0 bridgehead atoms. The van der Waals surface area contributed by atoms with Crippen molar-refractivity contribution in [2.24, 2.45) is 46.3 Å². The Morgan fingerprint density at radius 3 is 2.54 bits per heavy atom. The van der Waals surface area contributed by atoms with E-state index >= 15 is 0 Å². The molecule has 0 amide bonds. The van der Waals surface area contributed by atoms with E-state index in [1.54, 1.807) is 0 Å². The van der Waals surface area contributed by atoms with Crippen LogP contribution in [0.2, 0.25) is 0 Å². The van der Waals surface area contributed by atoms with Gasteiger partial charge in [-0.1, -0.05) is 33.6 Å². The Morgan fingerprint density at radius 2 is 1.82 bits per heavy atom. The molecule has 4 saturated carbocycles. The smallest absolute Gasteiger partial charge is 0.303 e. The molecule has 1 unspecified atom stereocenters. The molecule has 0 radical (unpaired) electrons. The molecule has 4 aliphatic rings. The van der Waals surface area contributed by atoms with Crippen molar-refractivity contribution >= 4 is 5.97 Å². The van der Waals surface area contributed by atoms with Crippen molar-refractivity contribution in [2.75, 3.05) is 7.11 Å². The van der Waals surface area contributed by atoms with Gasteiger partial charge in [0.2, 0.25) is 0 Å². The first kappa shape index (κ1) is 20.7. The summed E-state index contributed by atoms with van der Waals surface area (Å²) in [7, 11) is 1.96. The number of fused-ring (bicyclic) bond motifs is 5. The quantitative estimate of drug-likeness (QED) is 0.611. The number of ether oxygens (including phenoxy) is 1. The van der Waals surface area contributed by atoms with Crippen LogP contribution in [0.5, 0.6) is 0 Å². The molecular weight excluding hydrogens is 348 g/mol. The maximum Gasteiger partial charge on any atom is 0.303 e. The van der Waals surface area contributed by atoms with Crippen LogP contribution >= 0.6 is 0 Å². The van der Waals surface area contributed by atoms with Crippen LogP contribution in [0.15, 0.2) is 0 Å². The summed E-state index contributed by atoms with van der Waals surface area (Å²) in [6.07, 6.45) is 13.9. The van der Waals surface area contributed by atoms with Gasteiger partial charge in [-0.15, -0.1) is 0 Å². The van der Waals surface area contributed by atoms with Crippen molar-refractivity contribution in [2.45, 2.75) is 97.5 Å². The van der Waals surface area contributed by atoms with Gasteiger partial charge in [-0.25, -0.2) is 0 Å². The molecule has 160 valence electrons. The fraction of sp³-hybridized carbons (Fsp3) is 0.960. The minimum atomic E-state index is -0.641. The first-order chi connectivity index (χ1) is 13.3. The molecule has 4 fully saturated rings. The molecule has 4 aliphatic carbocycles. The molecule has 3 nitrogen and oxygen atoms in total. The van der Waals surface area contributed by atoms with E-state index in [9.17, 15) is 4.79 Å². The predicted molar refractivity (Wildman–Crippen MR) is 112 cm³/mol. The third kappa shape index (κ3) is 3.15. The lowest BCUT2D eigenvalue weighted by atomic mass is 9.44. The van der Waals surface area contributed by atoms with E-state index in [-0.39, 0.29) is 0 Å². The fourth-order valence-corrected chi connectivity index (χ4v) is 9.01. The van der Waals surface area contributed by atoms with Crippen molar-refractivity contribution in [1.82, 2.24) is 0 Å². The standard InChI is InChI=1S/C25H42O3/c1-16(8-11-22(26)27)18-9-10-19-23-20(12-14-25(18,19)3)24(2)13-6-5-7-17(24)15-21(23)28-4/h16-21,23H,5-15H2,1-4H3,(H,26,27)/t16?,17-,18+,19-,20-,21-,23-,24-,25+/m0/s1. The number of carboxylic acid groups (broad SMARTS) is 1. The summed E-state index contributed by atoms with van der Waals surface area (Å²) in [5.74, 6) is 3.76. The van der Waals surface area contributed by atoms with Gasteiger partial charge in [-0.05, 0) is 97.7 Å². The number of rotatable bonds is 5. The van der Waals surface area contributed by atoms with Gasteiger partial charge in [0.05, 0.1) is 6.10 Å². The third-order valence-electron chi connectivity index (χ3n) is 10.5. The summed E-state index contributed by atoms with van der Waals surface area (Å²) in [5.41, 5.74) is 0.917. The number of carboxylic acids is 1. The molecule has 0 aromatic heterocycles. The average Bonchev–Trinajstić information content (AvgIpc) is 3.02. The van der Waals surface area contributed by atoms with Gasteiger partial charge < -0.3 is 9.84 Å². The summed E-state index contributed by atoms with van der Waals surface area (Å²) >= 11 is 0.